The second-order valence-corrected chi connectivity index (χ2v) is 5.67. The van der Waals surface area contributed by atoms with Gasteiger partial charge in [-0.3, -0.25) is 0 Å². The largest absolute Gasteiger partial charge is 0.379 e. The molecule has 2 aromatic rings. The molecule has 0 saturated carbocycles. The highest BCUT2D eigenvalue weighted by Crippen LogP contribution is 2.41. The number of hydrogen-bond acceptors (Lipinski definition) is 2. The summed E-state index contributed by atoms with van der Waals surface area (Å²) in [4.78, 5) is 0. The molecule has 0 amide bonds. The number of aliphatic hydroxyl groups excluding tert-OH is 1. The van der Waals surface area contributed by atoms with Crippen LogP contribution in [0.15, 0.2) is 60.7 Å². The van der Waals surface area contributed by atoms with Gasteiger partial charge in [0, 0.05) is 5.41 Å². The average molecular weight is 283 g/mol. The summed E-state index contributed by atoms with van der Waals surface area (Å²) in [5.41, 5.74) is 8.14. The minimum Gasteiger partial charge on any atom is -0.379 e. The Kier molecular flexibility index (Phi) is 5.54. The molecule has 0 fully saturated rings. The van der Waals surface area contributed by atoms with Gasteiger partial charge in [-0.2, -0.15) is 0 Å². The van der Waals surface area contributed by atoms with E-state index in [1.807, 2.05) is 12.1 Å². The highest BCUT2D eigenvalue weighted by atomic mass is 16.3. The van der Waals surface area contributed by atoms with E-state index in [9.17, 15) is 5.11 Å². The summed E-state index contributed by atoms with van der Waals surface area (Å²) < 4.78 is 0. The van der Waals surface area contributed by atoms with Crippen LogP contribution in [0.4, 0.5) is 0 Å². The fourth-order valence-corrected chi connectivity index (χ4v) is 3.20. The maximum Gasteiger partial charge on any atom is 0.102 e. The van der Waals surface area contributed by atoms with Gasteiger partial charge in [-0.15, -0.1) is 0 Å². The standard InChI is InChI=1S/C19H25NO/c1-2-14-19(15-13-18(20)21,16-9-5-3-6-10-16)17-11-7-4-8-12-17/h3-12,18,21H,2,13-15,20H2,1H3. The lowest BCUT2D eigenvalue weighted by atomic mass is 9.68. The number of nitrogens with two attached hydrogens (primary N) is 1. The monoisotopic (exact) mass is 283 g/mol. The summed E-state index contributed by atoms with van der Waals surface area (Å²) in [6.07, 6.45) is 2.84. The second-order valence-electron chi connectivity index (χ2n) is 5.67. The van der Waals surface area contributed by atoms with Crippen molar-refractivity contribution in [3.8, 4) is 0 Å². The summed E-state index contributed by atoms with van der Waals surface area (Å²) in [5, 5.41) is 9.56. The zero-order valence-corrected chi connectivity index (χ0v) is 12.7. The Morgan fingerprint density at radius 3 is 1.76 bits per heavy atom. The predicted molar refractivity (Wildman–Crippen MR) is 88.0 cm³/mol. The summed E-state index contributed by atoms with van der Waals surface area (Å²) in [6.45, 7) is 2.21. The SMILES string of the molecule is CCCC(CCC(N)O)(c1ccccc1)c1ccccc1. The summed E-state index contributed by atoms with van der Waals surface area (Å²) >= 11 is 0. The van der Waals surface area contributed by atoms with Crippen molar-refractivity contribution in [1.82, 2.24) is 0 Å². The molecule has 0 spiro atoms. The zero-order valence-electron chi connectivity index (χ0n) is 12.7. The quantitative estimate of drug-likeness (QED) is 0.759. The van der Waals surface area contributed by atoms with E-state index in [0.29, 0.717) is 6.42 Å². The Balaban J connectivity index is 2.49. The van der Waals surface area contributed by atoms with Crippen molar-refractivity contribution >= 4 is 0 Å². The van der Waals surface area contributed by atoms with Gasteiger partial charge in [0.2, 0.25) is 0 Å². The van der Waals surface area contributed by atoms with E-state index in [-0.39, 0.29) is 5.41 Å². The molecule has 3 N–H and O–H groups in total. The topological polar surface area (TPSA) is 46.2 Å². The van der Waals surface area contributed by atoms with Crippen LogP contribution < -0.4 is 5.73 Å². The lowest BCUT2D eigenvalue weighted by Crippen LogP contribution is -2.31. The van der Waals surface area contributed by atoms with Crippen molar-refractivity contribution in [3.63, 3.8) is 0 Å². The van der Waals surface area contributed by atoms with Gasteiger partial charge >= 0.3 is 0 Å². The first-order valence-electron chi connectivity index (χ1n) is 7.74. The second kappa shape index (κ2) is 7.39. The third kappa shape index (κ3) is 3.72. The molecule has 2 nitrogen and oxygen atoms in total. The van der Waals surface area contributed by atoms with Crippen LogP contribution in [0.5, 0.6) is 0 Å². The molecule has 2 rings (SSSR count). The fourth-order valence-electron chi connectivity index (χ4n) is 3.20. The van der Waals surface area contributed by atoms with Gasteiger partial charge in [0.25, 0.3) is 0 Å². The highest BCUT2D eigenvalue weighted by Gasteiger charge is 2.33. The van der Waals surface area contributed by atoms with E-state index in [0.717, 1.165) is 19.3 Å². The Hall–Kier alpha value is -1.64. The zero-order chi connectivity index (χ0) is 15.1. The molecule has 0 aliphatic heterocycles. The number of aliphatic hydroxyl groups is 1. The van der Waals surface area contributed by atoms with Crippen molar-refractivity contribution in [1.29, 1.82) is 0 Å². The van der Waals surface area contributed by atoms with Crippen LogP contribution in [0.1, 0.15) is 43.7 Å². The van der Waals surface area contributed by atoms with Crippen LogP contribution in [0.2, 0.25) is 0 Å². The van der Waals surface area contributed by atoms with Gasteiger partial charge in [0.1, 0.15) is 6.23 Å². The Morgan fingerprint density at radius 1 is 0.905 bits per heavy atom. The molecule has 2 heteroatoms. The Morgan fingerprint density at radius 2 is 1.38 bits per heavy atom. The van der Waals surface area contributed by atoms with Crippen molar-refractivity contribution in [2.24, 2.45) is 5.73 Å². The fraction of sp³-hybridized carbons (Fsp3) is 0.368. The lowest BCUT2D eigenvalue weighted by Gasteiger charge is -2.36. The molecule has 0 radical (unpaired) electrons. The van der Waals surface area contributed by atoms with Crippen LogP contribution in [0, 0.1) is 0 Å². The first kappa shape index (κ1) is 15.7. The molecule has 0 aromatic heterocycles. The van der Waals surface area contributed by atoms with Crippen LogP contribution in [0.25, 0.3) is 0 Å². The van der Waals surface area contributed by atoms with Crippen molar-refractivity contribution in [2.45, 2.75) is 44.2 Å². The van der Waals surface area contributed by atoms with Crippen molar-refractivity contribution in [2.75, 3.05) is 0 Å². The molecule has 21 heavy (non-hydrogen) atoms. The Bertz CT molecular complexity index is 482. The van der Waals surface area contributed by atoms with E-state index in [2.05, 4.69) is 55.5 Å². The molecule has 112 valence electrons. The molecular formula is C19H25NO. The van der Waals surface area contributed by atoms with Gasteiger partial charge in [0.15, 0.2) is 0 Å². The number of hydrogen-bond donors (Lipinski definition) is 2. The van der Waals surface area contributed by atoms with Crippen LogP contribution in [0.3, 0.4) is 0 Å². The summed E-state index contributed by atoms with van der Waals surface area (Å²) in [6, 6.07) is 21.2. The summed E-state index contributed by atoms with van der Waals surface area (Å²) in [7, 11) is 0. The van der Waals surface area contributed by atoms with E-state index in [1.54, 1.807) is 0 Å². The molecule has 0 heterocycles. The smallest absolute Gasteiger partial charge is 0.102 e. The molecule has 2 aromatic carbocycles. The normalized spacial score (nSPS) is 13.1. The van der Waals surface area contributed by atoms with E-state index < -0.39 is 6.23 Å². The molecule has 0 aliphatic rings. The average Bonchev–Trinajstić information content (AvgIpc) is 2.53. The summed E-state index contributed by atoms with van der Waals surface area (Å²) in [5.74, 6) is 0. The Labute approximate surface area is 127 Å². The molecule has 0 saturated heterocycles. The minimum atomic E-state index is -0.756. The van der Waals surface area contributed by atoms with Gasteiger partial charge in [-0.05, 0) is 30.4 Å². The maximum atomic E-state index is 9.56. The van der Waals surface area contributed by atoms with Crippen LogP contribution in [-0.4, -0.2) is 11.3 Å². The number of benzene rings is 2. The molecular weight excluding hydrogens is 258 g/mol. The first-order valence-corrected chi connectivity index (χ1v) is 7.74. The number of rotatable bonds is 7. The van der Waals surface area contributed by atoms with Gasteiger partial charge in [-0.25, -0.2) is 0 Å². The lowest BCUT2D eigenvalue weighted by molar-refractivity contribution is 0.159. The third-order valence-electron chi connectivity index (χ3n) is 4.20. The molecule has 0 aliphatic carbocycles. The van der Waals surface area contributed by atoms with Crippen molar-refractivity contribution < 1.29 is 5.11 Å². The van der Waals surface area contributed by atoms with E-state index in [4.69, 9.17) is 5.73 Å². The minimum absolute atomic E-state index is 0.0718. The van der Waals surface area contributed by atoms with Crippen molar-refractivity contribution in [3.05, 3.63) is 71.8 Å². The van der Waals surface area contributed by atoms with Crippen LogP contribution >= 0.6 is 0 Å². The maximum absolute atomic E-state index is 9.56. The third-order valence-corrected chi connectivity index (χ3v) is 4.20. The van der Waals surface area contributed by atoms with Gasteiger partial charge < -0.3 is 10.8 Å². The molecule has 0 bridgehead atoms. The predicted octanol–water partition coefficient (Wildman–Crippen LogP) is 3.83. The molecule has 1 unspecified atom stereocenters. The van der Waals surface area contributed by atoms with E-state index >= 15 is 0 Å². The van der Waals surface area contributed by atoms with Gasteiger partial charge in [0.05, 0.1) is 0 Å². The van der Waals surface area contributed by atoms with Crippen LogP contribution in [-0.2, 0) is 5.41 Å². The molecule has 1 atom stereocenters. The first-order chi connectivity index (χ1) is 10.2. The highest BCUT2D eigenvalue weighted by molar-refractivity contribution is 5.39. The van der Waals surface area contributed by atoms with E-state index in [1.165, 1.54) is 11.1 Å². The van der Waals surface area contributed by atoms with Gasteiger partial charge in [-0.1, -0.05) is 74.0 Å².